The van der Waals surface area contributed by atoms with Gasteiger partial charge in [0.2, 0.25) is 0 Å². The summed E-state index contributed by atoms with van der Waals surface area (Å²) in [7, 11) is 2.20. The van der Waals surface area contributed by atoms with Crippen LogP contribution in [0.2, 0.25) is 0 Å². The fraction of sp³-hybridized carbons (Fsp3) is 1.00. The van der Waals surface area contributed by atoms with Crippen molar-refractivity contribution in [3.8, 4) is 0 Å². The number of likely N-dealkylation sites (tertiary alicyclic amines) is 1. The van der Waals surface area contributed by atoms with E-state index in [9.17, 15) is 5.11 Å². The molecule has 3 aliphatic heterocycles. The van der Waals surface area contributed by atoms with Crippen molar-refractivity contribution >= 4 is 0 Å². The molecule has 0 saturated carbocycles. The maximum Gasteiger partial charge on any atom is 0.0648 e. The van der Waals surface area contributed by atoms with E-state index in [-0.39, 0.29) is 6.10 Å². The molecule has 2 bridgehead atoms. The van der Waals surface area contributed by atoms with Crippen LogP contribution in [0.1, 0.15) is 19.3 Å². The molecule has 2 unspecified atom stereocenters. The van der Waals surface area contributed by atoms with Crippen LogP contribution in [0.5, 0.6) is 0 Å². The number of piperidine rings is 3. The second-order valence-corrected chi connectivity index (χ2v) is 5.69. The minimum atomic E-state index is -0.0273. The van der Waals surface area contributed by atoms with E-state index >= 15 is 0 Å². The first-order valence-electron chi connectivity index (χ1n) is 6.36. The predicted octanol–water partition coefficient (Wildman–Crippen LogP) is 0.393. The summed E-state index contributed by atoms with van der Waals surface area (Å²) in [5, 5.41) is 10.3. The molecule has 0 amide bonds. The maximum atomic E-state index is 10.3. The molecule has 3 heterocycles. The Balaban J connectivity index is 1.82. The highest BCUT2D eigenvalue weighted by molar-refractivity contribution is 5.00. The molecule has 4 atom stereocenters. The third-order valence-corrected chi connectivity index (χ3v) is 4.62. The van der Waals surface area contributed by atoms with Gasteiger partial charge in [0, 0.05) is 37.5 Å². The molecule has 0 aromatic carbocycles. The smallest absolute Gasteiger partial charge is 0.0648 e. The van der Waals surface area contributed by atoms with Gasteiger partial charge in [0.25, 0.3) is 0 Å². The lowest BCUT2D eigenvalue weighted by atomic mass is 9.74. The van der Waals surface area contributed by atoms with Crippen LogP contribution >= 0.6 is 0 Å². The van der Waals surface area contributed by atoms with Crippen LogP contribution in [0.25, 0.3) is 0 Å². The zero-order valence-electron chi connectivity index (χ0n) is 9.60. The van der Waals surface area contributed by atoms with Gasteiger partial charge >= 0.3 is 0 Å². The normalized spacial score (nSPS) is 47.6. The van der Waals surface area contributed by atoms with Crippen LogP contribution in [0.15, 0.2) is 0 Å². The predicted molar refractivity (Wildman–Crippen MR) is 59.7 cm³/mol. The maximum absolute atomic E-state index is 10.3. The highest BCUT2D eigenvalue weighted by atomic mass is 16.3. The van der Waals surface area contributed by atoms with Crippen LogP contribution in [-0.4, -0.2) is 60.3 Å². The van der Waals surface area contributed by atoms with Crippen molar-refractivity contribution in [3.05, 3.63) is 0 Å². The fourth-order valence-corrected chi connectivity index (χ4v) is 3.94. The molecule has 3 nitrogen and oxygen atoms in total. The van der Waals surface area contributed by atoms with E-state index in [1.165, 1.54) is 25.8 Å². The monoisotopic (exact) mass is 210 g/mol. The van der Waals surface area contributed by atoms with Gasteiger partial charge in [-0.25, -0.2) is 0 Å². The van der Waals surface area contributed by atoms with Crippen LogP contribution in [0, 0.1) is 11.8 Å². The lowest BCUT2D eigenvalue weighted by Crippen LogP contribution is -2.64. The molecule has 15 heavy (non-hydrogen) atoms. The lowest BCUT2D eigenvalue weighted by Gasteiger charge is -2.54. The van der Waals surface area contributed by atoms with Crippen LogP contribution in [0.3, 0.4) is 0 Å². The van der Waals surface area contributed by atoms with E-state index in [4.69, 9.17) is 0 Å². The van der Waals surface area contributed by atoms with E-state index < -0.39 is 0 Å². The van der Waals surface area contributed by atoms with Crippen molar-refractivity contribution < 1.29 is 5.11 Å². The number of nitrogens with zero attached hydrogens (tertiary/aromatic N) is 2. The van der Waals surface area contributed by atoms with Crippen LogP contribution < -0.4 is 0 Å². The first kappa shape index (κ1) is 10.1. The van der Waals surface area contributed by atoms with Crippen LogP contribution in [-0.2, 0) is 0 Å². The quantitative estimate of drug-likeness (QED) is 0.627. The third kappa shape index (κ3) is 1.61. The van der Waals surface area contributed by atoms with E-state index in [1.54, 1.807) is 0 Å². The van der Waals surface area contributed by atoms with Crippen molar-refractivity contribution in [1.82, 2.24) is 9.80 Å². The molecule has 3 aliphatic rings. The Hall–Kier alpha value is -0.120. The molecule has 3 heteroatoms. The minimum Gasteiger partial charge on any atom is -0.392 e. The van der Waals surface area contributed by atoms with Crippen molar-refractivity contribution in [1.29, 1.82) is 0 Å². The molecule has 0 aromatic rings. The molecule has 0 spiro atoms. The summed E-state index contributed by atoms with van der Waals surface area (Å²) in [6.07, 6.45) is 4.00. The summed E-state index contributed by atoms with van der Waals surface area (Å²) in [5.41, 5.74) is 0. The number of rotatable bonds is 0. The Morgan fingerprint density at radius 3 is 2.87 bits per heavy atom. The summed E-state index contributed by atoms with van der Waals surface area (Å²) in [4.78, 5) is 5.06. The number of hydrogen-bond donors (Lipinski definition) is 1. The van der Waals surface area contributed by atoms with Crippen molar-refractivity contribution in [2.24, 2.45) is 11.8 Å². The Morgan fingerprint density at radius 2 is 2.00 bits per heavy atom. The second kappa shape index (κ2) is 3.72. The van der Waals surface area contributed by atoms with Crippen molar-refractivity contribution in [2.45, 2.75) is 31.4 Å². The molecule has 0 aromatic heterocycles. The summed E-state index contributed by atoms with van der Waals surface area (Å²) < 4.78 is 0. The lowest BCUT2D eigenvalue weighted by molar-refractivity contribution is -0.112. The van der Waals surface area contributed by atoms with Gasteiger partial charge < -0.3 is 10.0 Å². The van der Waals surface area contributed by atoms with Gasteiger partial charge in [0.1, 0.15) is 0 Å². The zero-order valence-corrected chi connectivity index (χ0v) is 9.60. The first-order valence-corrected chi connectivity index (χ1v) is 6.36. The molecule has 3 fully saturated rings. The standard InChI is InChI=1S/C12H22N2O/c1-13-6-9-7-14-5-3-2-4-11(14)10(8-13)12(9)15/h9-12,15H,2-8H2,1H3/t9-,10+,11?,12?/m1/s1. The van der Waals surface area contributed by atoms with Gasteiger partial charge in [0.05, 0.1) is 6.10 Å². The van der Waals surface area contributed by atoms with Gasteiger partial charge in [-0.1, -0.05) is 6.42 Å². The number of aliphatic hydroxyl groups excluding tert-OH is 1. The number of fused-ring (bicyclic) bond motifs is 4. The number of aliphatic hydroxyl groups is 1. The Morgan fingerprint density at radius 1 is 1.13 bits per heavy atom. The summed E-state index contributed by atoms with van der Waals surface area (Å²) in [6, 6.07) is 0.674. The summed E-state index contributed by atoms with van der Waals surface area (Å²) >= 11 is 0. The minimum absolute atomic E-state index is 0.0273. The largest absolute Gasteiger partial charge is 0.392 e. The highest BCUT2D eigenvalue weighted by Gasteiger charge is 2.46. The fourth-order valence-electron chi connectivity index (χ4n) is 3.94. The van der Waals surface area contributed by atoms with Crippen molar-refractivity contribution in [3.63, 3.8) is 0 Å². The Kier molecular flexibility index (Phi) is 2.49. The average Bonchev–Trinajstić information content (AvgIpc) is 2.21. The summed E-state index contributed by atoms with van der Waals surface area (Å²) in [6.45, 7) is 4.58. The SMILES string of the molecule is CN1C[C@@H]2CN3CCCCC3[C@H](C1)C2O. The van der Waals surface area contributed by atoms with E-state index in [2.05, 4.69) is 16.8 Å². The number of hydrogen-bond acceptors (Lipinski definition) is 3. The van der Waals surface area contributed by atoms with Gasteiger partial charge in [0.15, 0.2) is 0 Å². The highest BCUT2D eigenvalue weighted by Crippen LogP contribution is 2.37. The molecule has 0 radical (unpaired) electrons. The summed E-state index contributed by atoms with van der Waals surface area (Å²) in [5.74, 6) is 1.02. The van der Waals surface area contributed by atoms with E-state index in [0.717, 1.165) is 19.6 Å². The topological polar surface area (TPSA) is 26.7 Å². The van der Waals surface area contributed by atoms with E-state index in [1.807, 2.05) is 0 Å². The van der Waals surface area contributed by atoms with Gasteiger partial charge in [-0.3, -0.25) is 4.90 Å². The molecule has 1 N–H and O–H groups in total. The van der Waals surface area contributed by atoms with Gasteiger partial charge in [-0.2, -0.15) is 0 Å². The average molecular weight is 210 g/mol. The van der Waals surface area contributed by atoms with Crippen molar-refractivity contribution in [2.75, 3.05) is 33.2 Å². The Labute approximate surface area is 92.1 Å². The second-order valence-electron chi connectivity index (χ2n) is 5.69. The molecule has 0 aliphatic carbocycles. The Bertz CT molecular complexity index is 246. The molecular formula is C12H22N2O. The van der Waals surface area contributed by atoms with Crippen LogP contribution in [0.4, 0.5) is 0 Å². The zero-order chi connectivity index (χ0) is 10.4. The van der Waals surface area contributed by atoms with Gasteiger partial charge in [-0.05, 0) is 26.4 Å². The molecular weight excluding hydrogens is 188 g/mol. The third-order valence-electron chi connectivity index (χ3n) is 4.62. The molecule has 86 valence electrons. The van der Waals surface area contributed by atoms with Gasteiger partial charge in [-0.15, -0.1) is 0 Å². The molecule has 3 saturated heterocycles. The van der Waals surface area contributed by atoms with E-state index in [0.29, 0.717) is 17.9 Å². The first-order chi connectivity index (χ1) is 7.25. The molecule has 3 rings (SSSR count).